The molecule has 1 saturated carbocycles. The Morgan fingerprint density at radius 3 is 2.13 bits per heavy atom. The normalized spacial score (nSPS) is 21.1. The summed E-state index contributed by atoms with van der Waals surface area (Å²) in [6.07, 6.45) is 3.23. The predicted octanol–water partition coefficient (Wildman–Crippen LogP) is 2.38. The molecule has 2 unspecified atom stereocenters. The van der Waals surface area contributed by atoms with Gasteiger partial charge in [0, 0.05) is 18.2 Å². The van der Waals surface area contributed by atoms with Gasteiger partial charge in [0.2, 0.25) is 15.9 Å². The van der Waals surface area contributed by atoms with E-state index < -0.39 is 10.0 Å². The molecule has 3 N–H and O–H groups in total. The first-order chi connectivity index (χ1) is 14.8. The van der Waals surface area contributed by atoms with Gasteiger partial charge in [0.05, 0.1) is 16.0 Å². The van der Waals surface area contributed by atoms with Crippen LogP contribution >= 0.6 is 0 Å². The van der Waals surface area contributed by atoms with Gasteiger partial charge in [0.1, 0.15) is 0 Å². The van der Waals surface area contributed by atoms with E-state index in [1.165, 1.54) is 29.2 Å². The van der Waals surface area contributed by atoms with Crippen molar-refractivity contribution in [3.8, 4) is 0 Å². The van der Waals surface area contributed by atoms with Crippen molar-refractivity contribution in [1.29, 1.82) is 0 Å². The molecule has 0 spiro atoms. The lowest BCUT2D eigenvalue weighted by Gasteiger charge is -2.32. The van der Waals surface area contributed by atoms with Gasteiger partial charge >= 0.3 is 0 Å². The van der Waals surface area contributed by atoms with Gasteiger partial charge in [-0.25, -0.2) is 13.6 Å². The number of primary sulfonamides is 1. The molecule has 2 atom stereocenters. The Bertz CT molecular complexity index is 1110. The molecule has 3 amide bonds. The summed E-state index contributed by atoms with van der Waals surface area (Å²) in [5.74, 6) is -1.33. The van der Waals surface area contributed by atoms with Gasteiger partial charge in [-0.1, -0.05) is 25.0 Å². The smallest absolute Gasteiger partial charge is 0.261 e. The van der Waals surface area contributed by atoms with Crippen LogP contribution in [0.4, 0.5) is 5.69 Å². The molecule has 0 bridgehead atoms. The standard InChI is InChI=1S/C22H23N3O5S/c23-31(29,30)16-11-9-15(10-12-16)24-20(26)17-6-2-1-5-14(17)13-25-21(27)18-7-3-4-8-19(18)22(25)28/h3-4,7-12,14,17H,1-2,5-6,13H2,(H,24,26)(H2,23,29,30). The van der Waals surface area contributed by atoms with Crippen LogP contribution in [0.25, 0.3) is 0 Å². The van der Waals surface area contributed by atoms with Crippen molar-refractivity contribution >= 4 is 33.4 Å². The van der Waals surface area contributed by atoms with Crippen LogP contribution < -0.4 is 10.5 Å². The Morgan fingerprint density at radius 2 is 1.55 bits per heavy atom. The largest absolute Gasteiger partial charge is 0.326 e. The highest BCUT2D eigenvalue weighted by molar-refractivity contribution is 7.89. The molecule has 9 heteroatoms. The maximum Gasteiger partial charge on any atom is 0.261 e. The molecule has 162 valence electrons. The number of nitrogens with two attached hydrogens (primary N) is 1. The molecule has 2 aliphatic rings. The number of amides is 3. The number of sulfonamides is 1. The number of imide groups is 1. The summed E-state index contributed by atoms with van der Waals surface area (Å²) in [7, 11) is -3.81. The zero-order valence-corrected chi connectivity index (χ0v) is 17.6. The average molecular weight is 442 g/mol. The highest BCUT2D eigenvalue weighted by atomic mass is 32.2. The maximum atomic E-state index is 13.0. The second-order valence-corrected chi connectivity index (χ2v) is 9.54. The van der Waals surface area contributed by atoms with Crippen LogP contribution in [-0.2, 0) is 14.8 Å². The van der Waals surface area contributed by atoms with Gasteiger partial charge in [-0.2, -0.15) is 0 Å². The Labute approximate surface area is 180 Å². The lowest BCUT2D eigenvalue weighted by molar-refractivity contribution is -0.122. The summed E-state index contributed by atoms with van der Waals surface area (Å²) in [5.41, 5.74) is 1.26. The Morgan fingerprint density at radius 1 is 0.968 bits per heavy atom. The van der Waals surface area contributed by atoms with E-state index in [1.807, 2.05) is 0 Å². The molecule has 2 aromatic carbocycles. The second-order valence-electron chi connectivity index (χ2n) is 7.98. The summed E-state index contributed by atoms with van der Waals surface area (Å²) >= 11 is 0. The van der Waals surface area contributed by atoms with E-state index in [-0.39, 0.29) is 41.0 Å². The van der Waals surface area contributed by atoms with Crippen molar-refractivity contribution < 1.29 is 22.8 Å². The van der Waals surface area contributed by atoms with E-state index in [1.54, 1.807) is 24.3 Å². The second kappa shape index (κ2) is 8.24. The van der Waals surface area contributed by atoms with Crippen molar-refractivity contribution in [3.05, 3.63) is 59.7 Å². The van der Waals surface area contributed by atoms with E-state index in [9.17, 15) is 22.8 Å². The third-order valence-electron chi connectivity index (χ3n) is 5.99. The lowest BCUT2D eigenvalue weighted by atomic mass is 9.78. The highest BCUT2D eigenvalue weighted by Gasteiger charge is 2.40. The summed E-state index contributed by atoms with van der Waals surface area (Å²) in [6, 6.07) is 12.4. The monoisotopic (exact) mass is 441 g/mol. The fourth-order valence-corrected chi connectivity index (χ4v) is 4.89. The third kappa shape index (κ3) is 4.24. The molecule has 8 nitrogen and oxygen atoms in total. The summed E-state index contributed by atoms with van der Waals surface area (Å²) in [5, 5.41) is 7.92. The molecule has 2 aromatic rings. The molecule has 0 saturated heterocycles. The van der Waals surface area contributed by atoms with Crippen LogP contribution in [0.15, 0.2) is 53.4 Å². The first-order valence-corrected chi connectivity index (χ1v) is 11.7. The molecule has 1 aliphatic carbocycles. The molecule has 0 radical (unpaired) electrons. The van der Waals surface area contributed by atoms with Crippen molar-refractivity contribution in [2.24, 2.45) is 17.0 Å². The average Bonchev–Trinajstić information content (AvgIpc) is 2.99. The van der Waals surface area contributed by atoms with Crippen molar-refractivity contribution in [2.45, 2.75) is 30.6 Å². The number of hydrogen-bond donors (Lipinski definition) is 2. The minimum absolute atomic E-state index is 0.0355. The fraction of sp³-hybridized carbons (Fsp3) is 0.318. The Hall–Kier alpha value is -3.04. The first-order valence-electron chi connectivity index (χ1n) is 10.1. The molecule has 0 aromatic heterocycles. The zero-order valence-electron chi connectivity index (χ0n) is 16.8. The number of rotatable bonds is 5. The highest BCUT2D eigenvalue weighted by Crippen LogP contribution is 2.34. The van der Waals surface area contributed by atoms with Crippen LogP contribution in [0.1, 0.15) is 46.4 Å². The third-order valence-corrected chi connectivity index (χ3v) is 6.92. The first kappa shape index (κ1) is 21.2. The number of nitrogens with one attached hydrogen (secondary N) is 1. The van der Waals surface area contributed by atoms with E-state index >= 15 is 0 Å². The van der Waals surface area contributed by atoms with Crippen LogP contribution in [0, 0.1) is 11.8 Å². The number of benzene rings is 2. The molecule has 31 heavy (non-hydrogen) atoms. The SMILES string of the molecule is NS(=O)(=O)c1ccc(NC(=O)C2CCCCC2CN2C(=O)c3ccccc3C2=O)cc1. The quantitative estimate of drug-likeness (QED) is 0.689. The topological polar surface area (TPSA) is 127 Å². The van der Waals surface area contributed by atoms with Gasteiger partial charge in [-0.05, 0) is 55.2 Å². The fourth-order valence-electron chi connectivity index (χ4n) is 4.37. The van der Waals surface area contributed by atoms with Crippen molar-refractivity contribution in [3.63, 3.8) is 0 Å². The van der Waals surface area contributed by atoms with Gasteiger partial charge in [-0.15, -0.1) is 0 Å². The summed E-state index contributed by atoms with van der Waals surface area (Å²) in [4.78, 5) is 39.6. The minimum atomic E-state index is -3.81. The Balaban J connectivity index is 1.47. The number of hydrogen-bond acceptors (Lipinski definition) is 5. The van der Waals surface area contributed by atoms with Crippen LogP contribution in [0.2, 0.25) is 0 Å². The van der Waals surface area contributed by atoms with E-state index in [0.29, 0.717) is 23.2 Å². The lowest BCUT2D eigenvalue weighted by Crippen LogP contribution is -2.41. The number of carbonyl (C=O) groups is 3. The number of nitrogens with zero attached hydrogens (tertiary/aromatic N) is 1. The van der Waals surface area contributed by atoms with Crippen LogP contribution in [-0.4, -0.2) is 37.6 Å². The zero-order chi connectivity index (χ0) is 22.2. The maximum absolute atomic E-state index is 13.0. The van der Waals surface area contributed by atoms with Crippen LogP contribution in [0.3, 0.4) is 0 Å². The van der Waals surface area contributed by atoms with Crippen LogP contribution in [0.5, 0.6) is 0 Å². The van der Waals surface area contributed by atoms with E-state index in [0.717, 1.165) is 19.3 Å². The minimum Gasteiger partial charge on any atom is -0.326 e. The van der Waals surface area contributed by atoms with Gasteiger partial charge in [0.15, 0.2) is 0 Å². The van der Waals surface area contributed by atoms with Crippen molar-refractivity contribution in [2.75, 3.05) is 11.9 Å². The summed E-state index contributed by atoms with van der Waals surface area (Å²) in [6.45, 7) is 0.203. The van der Waals surface area contributed by atoms with E-state index in [2.05, 4.69) is 5.32 Å². The van der Waals surface area contributed by atoms with Gasteiger partial charge in [-0.3, -0.25) is 19.3 Å². The predicted molar refractivity (Wildman–Crippen MR) is 114 cm³/mol. The molecule has 4 rings (SSSR count). The molecular formula is C22H23N3O5S. The van der Waals surface area contributed by atoms with Crippen molar-refractivity contribution in [1.82, 2.24) is 4.90 Å². The number of anilines is 1. The van der Waals surface area contributed by atoms with Gasteiger partial charge in [0.25, 0.3) is 11.8 Å². The molecule has 1 heterocycles. The molecule has 1 fully saturated rings. The molecule has 1 aliphatic heterocycles. The Kier molecular flexibility index (Phi) is 5.63. The van der Waals surface area contributed by atoms with Gasteiger partial charge < -0.3 is 5.32 Å². The number of fused-ring (bicyclic) bond motifs is 1. The summed E-state index contributed by atoms with van der Waals surface area (Å²) < 4.78 is 22.8. The van der Waals surface area contributed by atoms with E-state index in [4.69, 9.17) is 5.14 Å². The number of carbonyl (C=O) groups excluding carboxylic acids is 3. The molecular weight excluding hydrogens is 418 g/mol.